The Balaban J connectivity index is 0.851. The summed E-state index contributed by atoms with van der Waals surface area (Å²) in [4.78, 5) is 94.3. The molecule has 6 amide bonds. The number of hydrogen-bond donors (Lipinski definition) is 6. The first kappa shape index (κ1) is 43.8. The molecule has 0 aliphatic carbocycles. The van der Waals surface area contributed by atoms with Gasteiger partial charge in [-0.25, -0.2) is 0 Å². The van der Waals surface area contributed by atoms with E-state index in [1.54, 1.807) is 81.7 Å². The minimum Gasteiger partial charge on any atom is -0.457 e. The molecule has 6 N–H and O–H groups in total. The predicted octanol–water partition coefficient (Wildman–Crippen LogP) is 5.51. The van der Waals surface area contributed by atoms with Gasteiger partial charge in [-0.2, -0.15) is 0 Å². The Morgan fingerprint density at radius 3 is 2.31 bits per heavy atom. The maximum absolute atomic E-state index is 13.5. The second-order valence-corrected chi connectivity index (χ2v) is 16.6. The van der Waals surface area contributed by atoms with Gasteiger partial charge in [-0.1, -0.05) is 42.5 Å². The van der Waals surface area contributed by atoms with Crippen molar-refractivity contribution in [2.75, 3.05) is 18.4 Å². The van der Waals surface area contributed by atoms with Gasteiger partial charge in [0.25, 0.3) is 29.2 Å². The normalized spacial score (nSPS) is 14.9. The quantitative estimate of drug-likeness (QED) is 0.0561. The number of aromatic nitrogens is 2. The Morgan fingerprint density at radius 1 is 0.815 bits per heavy atom. The summed E-state index contributed by atoms with van der Waals surface area (Å²) in [6, 6.07) is 26.9. The van der Waals surface area contributed by atoms with E-state index in [4.69, 9.17) is 4.74 Å². The lowest BCUT2D eigenvalue weighted by Gasteiger charge is -2.27. The summed E-state index contributed by atoms with van der Waals surface area (Å²) >= 11 is 0. The molecule has 4 heterocycles. The van der Waals surface area contributed by atoms with Crippen molar-refractivity contribution >= 4 is 52.0 Å². The summed E-state index contributed by atoms with van der Waals surface area (Å²) in [5, 5.41) is 22.6. The molecule has 0 radical (unpaired) electrons. The summed E-state index contributed by atoms with van der Waals surface area (Å²) in [5.41, 5.74) is 2.80. The SMILES string of the molecule is Cn1cc(-c2cc(C(C)(C)O)ccc2Oc2ccccc2)c2cc(C(=O)NCc3ccc(C(=O)NCCCCNc4cccc5c4C(=O)N(C4CCC(=O)NC4=O)C5=O)cc3)[nH]c2c1=O. The number of nitrogens with zero attached hydrogens (tertiary/aromatic N) is 2. The fourth-order valence-electron chi connectivity index (χ4n) is 7.99. The Morgan fingerprint density at radius 2 is 1.57 bits per heavy atom. The average Bonchev–Trinajstić information content (AvgIpc) is 3.85. The minimum absolute atomic E-state index is 0.0375. The maximum atomic E-state index is 13.5. The van der Waals surface area contributed by atoms with Gasteiger partial charge in [-0.15, -0.1) is 0 Å². The summed E-state index contributed by atoms with van der Waals surface area (Å²) in [7, 11) is 1.63. The number of hydrogen-bond acceptors (Lipinski definition) is 10. The molecule has 0 spiro atoms. The molecular formula is C49H47N7O9. The van der Waals surface area contributed by atoms with E-state index in [1.165, 1.54) is 10.6 Å². The number of rotatable bonds is 15. The molecular weight excluding hydrogens is 831 g/mol. The molecule has 1 atom stereocenters. The van der Waals surface area contributed by atoms with Gasteiger partial charge in [0.05, 0.1) is 16.7 Å². The summed E-state index contributed by atoms with van der Waals surface area (Å²) < 4.78 is 7.71. The van der Waals surface area contributed by atoms with Gasteiger partial charge in [0.2, 0.25) is 11.8 Å². The average molecular weight is 878 g/mol. The van der Waals surface area contributed by atoms with Crippen molar-refractivity contribution in [2.45, 2.75) is 57.7 Å². The number of piperidine rings is 1. The van der Waals surface area contributed by atoms with Crippen molar-refractivity contribution in [3.63, 3.8) is 0 Å². The van der Waals surface area contributed by atoms with Gasteiger partial charge in [-0.05, 0) is 98.8 Å². The first-order chi connectivity index (χ1) is 31.2. The fraction of sp³-hybridized carbons (Fsp3) is 0.245. The molecule has 16 heteroatoms. The number of para-hydroxylation sites is 1. The van der Waals surface area contributed by atoms with Crippen LogP contribution in [0, 0.1) is 0 Å². The molecule has 8 rings (SSSR count). The van der Waals surface area contributed by atoms with Gasteiger partial charge >= 0.3 is 0 Å². The first-order valence-corrected chi connectivity index (χ1v) is 21.2. The third-order valence-electron chi connectivity index (χ3n) is 11.5. The lowest BCUT2D eigenvalue weighted by Crippen LogP contribution is -2.54. The van der Waals surface area contributed by atoms with Crippen molar-refractivity contribution in [3.8, 4) is 22.6 Å². The highest BCUT2D eigenvalue weighted by Gasteiger charge is 2.45. The van der Waals surface area contributed by atoms with E-state index in [-0.39, 0.29) is 53.2 Å². The van der Waals surface area contributed by atoms with Crippen molar-refractivity contribution in [2.24, 2.45) is 7.05 Å². The summed E-state index contributed by atoms with van der Waals surface area (Å²) in [5.74, 6) is -1.88. The van der Waals surface area contributed by atoms with Gasteiger partial charge in [-0.3, -0.25) is 43.8 Å². The molecule has 332 valence electrons. The Kier molecular flexibility index (Phi) is 12.2. The molecule has 1 fully saturated rings. The third kappa shape index (κ3) is 9.15. The fourth-order valence-corrected chi connectivity index (χ4v) is 7.99. The number of pyridine rings is 1. The third-order valence-corrected chi connectivity index (χ3v) is 11.5. The number of aromatic amines is 1. The molecule has 16 nitrogen and oxygen atoms in total. The number of carbonyl (C=O) groups is 6. The van der Waals surface area contributed by atoms with Crippen LogP contribution < -0.4 is 31.6 Å². The molecule has 65 heavy (non-hydrogen) atoms. The van der Waals surface area contributed by atoms with Crippen LogP contribution in [0.2, 0.25) is 0 Å². The standard InChI is InChI=1S/C49H47N7O9/c1-49(2,64)30-18-20-39(65-31-10-5-4-6-11-31)33(24-30)35-27-55(3)48(63)42-34(35)25-37(53-42)44(59)52-26-28-14-16-29(17-15-28)43(58)51-23-8-7-22-50-36-13-9-12-32-41(36)47(62)56(46(32)61)38-19-21-40(57)54-45(38)60/h4-6,9-18,20,24-25,27,38,50,53,64H,7-8,19,21-23,26H2,1-3H3,(H,51,58)(H,52,59)(H,54,57,60). The first-order valence-electron chi connectivity index (χ1n) is 21.2. The highest BCUT2D eigenvalue weighted by molar-refractivity contribution is 6.25. The van der Waals surface area contributed by atoms with E-state index in [9.17, 15) is 38.7 Å². The van der Waals surface area contributed by atoms with Gasteiger partial charge in [0.1, 0.15) is 28.8 Å². The van der Waals surface area contributed by atoms with Gasteiger partial charge < -0.3 is 35.3 Å². The van der Waals surface area contributed by atoms with E-state index < -0.39 is 41.2 Å². The Labute approximate surface area is 373 Å². The van der Waals surface area contributed by atoms with Crippen molar-refractivity contribution in [1.29, 1.82) is 0 Å². The lowest BCUT2D eigenvalue weighted by atomic mass is 9.93. The lowest BCUT2D eigenvalue weighted by molar-refractivity contribution is -0.136. The monoisotopic (exact) mass is 877 g/mol. The topological polar surface area (TPSA) is 221 Å². The van der Waals surface area contributed by atoms with Crippen molar-refractivity contribution in [3.05, 3.63) is 147 Å². The summed E-state index contributed by atoms with van der Waals surface area (Å²) in [6.45, 7) is 4.35. The summed E-state index contributed by atoms with van der Waals surface area (Å²) in [6.07, 6.45) is 3.04. The molecule has 1 saturated heterocycles. The number of ether oxygens (including phenoxy) is 1. The van der Waals surface area contributed by atoms with Gasteiger partial charge in [0.15, 0.2) is 0 Å². The van der Waals surface area contributed by atoms with Crippen LogP contribution in [0.1, 0.15) is 92.2 Å². The van der Waals surface area contributed by atoms with Crippen LogP contribution in [0.15, 0.2) is 108 Å². The smallest absolute Gasteiger partial charge is 0.274 e. The number of anilines is 1. The molecule has 6 aromatic rings. The highest BCUT2D eigenvalue weighted by Crippen LogP contribution is 2.39. The van der Waals surface area contributed by atoms with Crippen LogP contribution in [-0.2, 0) is 28.8 Å². The zero-order chi connectivity index (χ0) is 46.0. The van der Waals surface area contributed by atoms with Crippen molar-refractivity contribution < 1.29 is 38.6 Å². The molecule has 0 bridgehead atoms. The number of fused-ring (bicyclic) bond motifs is 2. The number of amides is 6. The number of H-pyrrole nitrogens is 1. The molecule has 2 aliphatic rings. The number of carbonyl (C=O) groups excluding carboxylic acids is 6. The number of nitrogens with one attached hydrogen (secondary N) is 5. The Bertz CT molecular complexity index is 2930. The zero-order valence-corrected chi connectivity index (χ0v) is 35.9. The molecule has 2 aliphatic heterocycles. The van der Waals surface area contributed by atoms with Crippen molar-refractivity contribution in [1.82, 2.24) is 30.4 Å². The van der Waals surface area contributed by atoms with Crippen LogP contribution in [0.5, 0.6) is 11.5 Å². The predicted molar refractivity (Wildman–Crippen MR) is 242 cm³/mol. The van der Waals surface area contributed by atoms with E-state index in [0.29, 0.717) is 70.8 Å². The second-order valence-electron chi connectivity index (χ2n) is 16.6. The van der Waals surface area contributed by atoms with E-state index in [2.05, 4.69) is 26.3 Å². The number of imide groups is 2. The van der Waals surface area contributed by atoms with Crippen LogP contribution in [0.4, 0.5) is 5.69 Å². The van der Waals surface area contributed by atoms with E-state index >= 15 is 0 Å². The highest BCUT2D eigenvalue weighted by atomic mass is 16.5. The zero-order valence-electron chi connectivity index (χ0n) is 35.9. The Hall–Kier alpha value is -7.85. The van der Waals surface area contributed by atoms with Gasteiger partial charge in [0, 0.05) is 67.1 Å². The van der Waals surface area contributed by atoms with E-state index in [0.717, 1.165) is 10.5 Å². The number of benzene rings is 4. The largest absolute Gasteiger partial charge is 0.457 e. The molecule has 1 unspecified atom stereocenters. The molecule has 2 aromatic heterocycles. The maximum Gasteiger partial charge on any atom is 0.274 e. The van der Waals surface area contributed by atoms with E-state index in [1.807, 2.05) is 36.4 Å². The number of aliphatic hydroxyl groups is 1. The van der Waals surface area contributed by atoms with Crippen LogP contribution in [0.25, 0.3) is 22.0 Å². The molecule has 4 aromatic carbocycles. The second kappa shape index (κ2) is 18.1. The van der Waals surface area contributed by atoms with Crippen LogP contribution >= 0.6 is 0 Å². The van der Waals surface area contributed by atoms with Crippen LogP contribution in [-0.4, -0.2) is 74.1 Å². The minimum atomic E-state index is -1.17. The molecule has 0 saturated carbocycles. The number of unbranched alkanes of at least 4 members (excludes halogenated alkanes) is 1. The van der Waals surface area contributed by atoms with Crippen LogP contribution in [0.3, 0.4) is 0 Å². The number of aryl methyl sites for hydroxylation is 1.